The molecule has 0 aliphatic carbocycles. The van der Waals surface area contributed by atoms with Crippen LogP contribution in [0.4, 0.5) is 13.2 Å². The van der Waals surface area contributed by atoms with E-state index in [1.54, 1.807) is 18.3 Å². The van der Waals surface area contributed by atoms with Gasteiger partial charge in [0.15, 0.2) is 5.15 Å². The van der Waals surface area contributed by atoms with Crippen LogP contribution < -0.4 is 5.56 Å². The Bertz CT molecular complexity index is 1090. The predicted molar refractivity (Wildman–Crippen MR) is 92.6 cm³/mol. The first kappa shape index (κ1) is 18.5. The lowest BCUT2D eigenvalue weighted by Crippen LogP contribution is -2.42. The first-order valence-corrected chi connectivity index (χ1v) is 8.81. The lowest BCUT2D eigenvalue weighted by atomic mass is 9.96. The molecule has 0 unspecified atom stereocenters. The van der Waals surface area contributed by atoms with Crippen molar-refractivity contribution in [2.24, 2.45) is 5.92 Å². The van der Waals surface area contributed by atoms with Crippen LogP contribution in [0, 0.1) is 5.92 Å². The van der Waals surface area contributed by atoms with Gasteiger partial charge in [-0.25, -0.2) is 9.20 Å². The number of hydrogen-bond acceptors (Lipinski definition) is 4. The molecule has 0 bridgehead atoms. The molecule has 0 atom stereocenters. The van der Waals surface area contributed by atoms with Crippen molar-refractivity contribution in [2.75, 3.05) is 13.1 Å². The highest BCUT2D eigenvalue weighted by atomic mass is 35.5. The molecule has 4 rings (SSSR count). The van der Waals surface area contributed by atoms with Gasteiger partial charge in [0, 0.05) is 25.5 Å². The maximum Gasteiger partial charge on any atom is 0.391 e. The number of alkyl halides is 3. The first-order valence-electron chi connectivity index (χ1n) is 8.43. The first-order chi connectivity index (χ1) is 13.2. The largest absolute Gasteiger partial charge is 0.391 e. The number of carbonyl (C=O) groups is 1. The number of nitrogens with one attached hydrogen (secondary N) is 1. The Morgan fingerprint density at radius 1 is 1.25 bits per heavy atom. The molecule has 1 aliphatic heterocycles. The Morgan fingerprint density at radius 3 is 2.64 bits per heavy atom. The Labute approximate surface area is 160 Å². The highest BCUT2D eigenvalue weighted by molar-refractivity contribution is 6.32. The molecule has 0 spiro atoms. The van der Waals surface area contributed by atoms with Crippen molar-refractivity contribution >= 4 is 23.0 Å². The number of fused-ring (bicyclic) bond motifs is 1. The van der Waals surface area contributed by atoms with E-state index in [0.717, 1.165) is 4.68 Å². The zero-order chi connectivity index (χ0) is 20.1. The number of aromatic amines is 1. The molecule has 0 saturated carbocycles. The second-order valence-corrected chi connectivity index (χ2v) is 6.86. The van der Waals surface area contributed by atoms with Crippen LogP contribution in [0.1, 0.15) is 23.2 Å². The summed E-state index contributed by atoms with van der Waals surface area (Å²) in [5.41, 5.74) is -0.0306. The van der Waals surface area contributed by atoms with Gasteiger partial charge in [-0.05, 0) is 25.0 Å². The Kier molecular flexibility index (Phi) is 4.41. The van der Waals surface area contributed by atoms with Gasteiger partial charge >= 0.3 is 6.18 Å². The lowest BCUT2D eigenvalue weighted by molar-refractivity contribution is -0.183. The summed E-state index contributed by atoms with van der Waals surface area (Å²) >= 11 is 6.06. The molecule has 3 aromatic rings. The number of carbonyl (C=O) groups excluding carboxylic acids is 1. The van der Waals surface area contributed by atoms with E-state index in [4.69, 9.17) is 11.6 Å². The third-order valence-corrected chi connectivity index (χ3v) is 5.03. The van der Waals surface area contributed by atoms with Crippen LogP contribution in [-0.2, 0) is 0 Å². The fourth-order valence-electron chi connectivity index (χ4n) is 3.22. The van der Waals surface area contributed by atoms with Crippen molar-refractivity contribution in [1.29, 1.82) is 0 Å². The monoisotopic (exact) mass is 414 g/mol. The molecule has 0 radical (unpaired) electrons. The van der Waals surface area contributed by atoms with E-state index in [2.05, 4.69) is 15.2 Å². The van der Waals surface area contributed by atoms with Crippen LogP contribution in [0.3, 0.4) is 0 Å². The Hall–Kier alpha value is -2.82. The third kappa shape index (κ3) is 3.26. The standard InChI is InChI=1S/C16H14ClF3N6O2/c17-12-10(14(28)24-6-3-9(4-7-24)16(18,19)20)8-26(22-12)15-21-13(27)11-2-1-5-25(11)23-15/h1-2,5,8-9H,3-4,6-7H2,(H,21,23,27). The molecule has 1 N–H and O–H groups in total. The zero-order valence-corrected chi connectivity index (χ0v) is 15.0. The molecule has 28 heavy (non-hydrogen) atoms. The average Bonchev–Trinajstić information content (AvgIpc) is 3.27. The summed E-state index contributed by atoms with van der Waals surface area (Å²) in [5, 5.41) is 8.05. The number of aromatic nitrogens is 5. The van der Waals surface area contributed by atoms with Crippen molar-refractivity contribution in [3.05, 3.63) is 45.6 Å². The minimum Gasteiger partial charge on any atom is -0.338 e. The predicted octanol–water partition coefficient (Wildman–Crippen LogP) is 2.28. The van der Waals surface area contributed by atoms with Crippen molar-refractivity contribution in [3.63, 3.8) is 0 Å². The molecule has 1 fully saturated rings. The second kappa shape index (κ2) is 6.66. The molecule has 4 heterocycles. The van der Waals surface area contributed by atoms with Gasteiger partial charge in [0.05, 0.1) is 11.5 Å². The molecular weight excluding hydrogens is 401 g/mol. The average molecular weight is 415 g/mol. The van der Waals surface area contributed by atoms with Crippen LogP contribution in [0.15, 0.2) is 29.3 Å². The van der Waals surface area contributed by atoms with Crippen LogP contribution >= 0.6 is 11.6 Å². The van der Waals surface area contributed by atoms with E-state index < -0.39 is 23.6 Å². The van der Waals surface area contributed by atoms with E-state index >= 15 is 0 Å². The minimum atomic E-state index is -4.26. The molecular formula is C16H14ClF3N6O2. The number of H-pyrrole nitrogens is 1. The quantitative estimate of drug-likeness (QED) is 0.696. The molecule has 12 heteroatoms. The molecule has 0 aromatic carbocycles. The van der Waals surface area contributed by atoms with Gasteiger partial charge < -0.3 is 4.90 Å². The van der Waals surface area contributed by atoms with Crippen LogP contribution in [0.5, 0.6) is 0 Å². The van der Waals surface area contributed by atoms with Crippen LogP contribution in [0.25, 0.3) is 11.5 Å². The van der Waals surface area contributed by atoms with Crippen molar-refractivity contribution < 1.29 is 18.0 Å². The fourth-order valence-corrected chi connectivity index (χ4v) is 3.43. The lowest BCUT2D eigenvalue weighted by Gasteiger charge is -2.32. The summed E-state index contributed by atoms with van der Waals surface area (Å²) in [6.45, 7) is -0.0378. The molecule has 1 aliphatic rings. The molecule has 3 aromatic heterocycles. The Balaban J connectivity index is 1.57. The maximum atomic E-state index is 12.8. The topological polar surface area (TPSA) is 88.3 Å². The number of hydrogen-bond donors (Lipinski definition) is 1. The third-order valence-electron chi connectivity index (χ3n) is 4.75. The number of halogens is 4. The van der Waals surface area contributed by atoms with E-state index in [-0.39, 0.29) is 42.6 Å². The van der Waals surface area contributed by atoms with Crippen molar-refractivity contribution in [1.82, 2.24) is 29.3 Å². The molecule has 148 valence electrons. The van der Waals surface area contributed by atoms with E-state index in [1.807, 2.05) is 0 Å². The summed E-state index contributed by atoms with van der Waals surface area (Å²) in [7, 11) is 0. The summed E-state index contributed by atoms with van der Waals surface area (Å²) in [6.07, 6.45) is -1.68. The molecule has 1 amide bonds. The number of piperidine rings is 1. The van der Waals surface area contributed by atoms with E-state index in [0.29, 0.717) is 5.52 Å². The van der Waals surface area contributed by atoms with Gasteiger partial charge in [0.1, 0.15) is 5.52 Å². The van der Waals surface area contributed by atoms with Gasteiger partial charge in [0.2, 0.25) is 5.95 Å². The smallest absolute Gasteiger partial charge is 0.338 e. The molecule has 1 saturated heterocycles. The number of likely N-dealkylation sites (tertiary alicyclic amines) is 1. The van der Waals surface area contributed by atoms with E-state index in [1.165, 1.54) is 15.6 Å². The van der Waals surface area contributed by atoms with Crippen LogP contribution in [-0.4, -0.2) is 54.5 Å². The Morgan fingerprint density at radius 2 is 1.96 bits per heavy atom. The SMILES string of the molecule is O=C(c1cn(-c2nn3cccc3c(=O)[nH]2)nc1Cl)N1CCC(C(F)(F)F)CC1. The normalized spacial score (nSPS) is 16.1. The summed E-state index contributed by atoms with van der Waals surface area (Å²) in [6, 6.07) is 3.24. The summed E-state index contributed by atoms with van der Waals surface area (Å²) in [4.78, 5) is 28.6. The summed E-state index contributed by atoms with van der Waals surface area (Å²) < 4.78 is 40.9. The second-order valence-electron chi connectivity index (χ2n) is 6.50. The van der Waals surface area contributed by atoms with Gasteiger partial charge in [-0.2, -0.15) is 18.3 Å². The van der Waals surface area contributed by atoms with Gasteiger partial charge in [-0.1, -0.05) is 11.6 Å². The van der Waals surface area contributed by atoms with Gasteiger partial charge in [0.25, 0.3) is 11.5 Å². The number of rotatable bonds is 2. The summed E-state index contributed by atoms with van der Waals surface area (Å²) in [5.74, 6) is -1.87. The zero-order valence-electron chi connectivity index (χ0n) is 14.3. The number of nitrogens with zero attached hydrogens (tertiary/aromatic N) is 5. The fraction of sp³-hybridized carbons (Fsp3) is 0.375. The van der Waals surface area contributed by atoms with E-state index in [9.17, 15) is 22.8 Å². The van der Waals surface area contributed by atoms with Crippen molar-refractivity contribution in [2.45, 2.75) is 19.0 Å². The van der Waals surface area contributed by atoms with Crippen molar-refractivity contribution in [3.8, 4) is 5.95 Å². The van der Waals surface area contributed by atoms with Gasteiger partial charge in [-0.3, -0.25) is 14.6 Å². The van der Waals surface area contributed by atoms with Crippen LogP contribution in [0.2, 0.25) is 5.15 Å². The van der Waals surface area contributed by atoms with Gasteiger partial charge in [-0.15, -0.1) is 5.10 Å². The molecule has 8 nitrogen and oxygen atoms in total. The number of amides is 1. The maximum absolute atomic E-state index is 12.8. The minimum absolute atomic E-state index is 0.0189. The highest BCUT2D eigenvalue weighted by Gasteiger charge is 2.42. The highest BCUT2D eigenvalue weighted by Crippen LogP contribution is 2.34.